The SMILES string of the molecule is CCN(CC1CCC1)C(=O)c1cc([N+](=O)[O-])cc(C)c1F. The third-order valence-corrected chi connectivity index (χ3v) is 4.05. The van der Waals surface area contributed by atoms with E-state index >= 15 is 0 Å². The maximum atomic E-state index is 14.2. The molecule has 0 aliphatic heterocycles. The van der Waals surface area contributed by atoms with Gasteiger partial charge in [0.15, 0.2) is 0 Å². The predicted molar refractivity (Wildman–Crippen MR) is 76.7 cm³/mol. The van der Waals surface area contributed by atoms with Crippen LogP contribution >= 0.6 is 0 Å². The number of carbonyl (C=O) groups is 1. The van der Waals surface area contributed by atoms with Gasteiger partial charge in [-0.15, -0.1) is 0 Å². The van der Waals surface area contributed by atoms with Gasteiger partial charge in [-0.2, -0.15) is 0 Å². The van der Waals surface area contributed by atoms with Gasteiger partial charge >= 0.3 is 0 Å². The Hall–Kier alpha value is -1.98. The largest absolute Gasteiger partial charge is 0.339 e. The molecule has 114 valence electrons. The molecule has 0 saturated heterocycles. The first-order valence-electron chi connectivity index (χ1n) is 7.17. The van der Waals surface area contributed by atoms with Crippen molar-refractivity contribution in [3.05, 3.63) is 39.2 Å². The molecule has 1 aliphatic carbocycles. The number of rotatable bonds is 5. The first-order valence-corrected chi connectivity index (χ1v) is 7.17. The highest BCUT2D eigenvalue weighted by atomic mass is 19.1. The van der Waals surface area contributed by atoms with E-state index in [1.165, 1.54) is 13.3 Å². The van der Waals surface area contributed by atoms with Crippen LogP contribution in [0.15, 0.2) is 12.1 Å². The number of hydrogen-bond acceptors (Lipinski definition) is 3. The van der Waals surface area contributed by atoms with E-state index in [1.807, 2.05) is 6.92 Å². The zero-order chi connectivity index (χ0) is 15.6. The van der Waals surface area contributed by atoms with E-state index < -0.39 is 16.6 Å². The normalized spacial score (nSPS) is 14.6. The molecule has 1 fully saturated rings. The Labute approximate surface area is 122 Å². The van der Waals surface area contributed by atoms with E-state index in [2.05, 4.69) is 0 Å². The van der Waals surface area contributed by atoms with Crippen LogP contribution in [-0.4, -0.2) is 28.8 Å². The lowest BCUT2D eigenvalue weighted by Gasteiger charge is -2.32. The van der Waals surface area contributed by atoms with Gasteiger partial charge in [-0.25, -0.2) is 4.39 Å². The monoisotopic (exact) mass is 294 g/mol. The highest BCUT2D eigenvalue weighted by molar-refractivity contribution is 5.95. The lowest BCUT2D eigenvalue weighted by atomic mass is 9.85. The number of non-ortho nitro benzene ring substituents is 1. The summed E-state index contributed by atoms with van der Waals surface area (Å²) in [5, 5.41) is 10.9. The zero-order valence-corrected chi connectivity index (χ0v) is 12.3. The van der Waals surface area contributed by atoms with Crippen molar-refractivity contribution in [3.63, 3.8) is 0 Å². The molecule has 0 aromatic heterocycles. The number of aryl methyl sites for hydroxylation is 1. The zero-order valence-electron chi connectivity index (χ0n) is 12.3. The lowest BCUT2D eigenvalue weighted by molar-refractivity contribution is -0.385. The number of halogens is 1. The van der Waals surface area contributed by atoms with Gasteiger partial charge in [0.2, 0.25) is 0 Å². The van der Waals surface area contributed by atoms with Gasteiger partial charge in [-0.05, 0) is 38.2 Å². The summed E-state index contributed by atoms with van der Waals surface area (Å²) in [6.45, 7) is 4.33. The molecule has 2 rings (SSSR count). The Morgan fingerprint density at radius 2 is 2.14 bits per heavy atom. The standard InChI is InChI=1S/C15H19FN2O3/c1-3-17(9-11-5-4-6-11)15(19)13-8-12(18(20)21)7-10(2)14(13)16/h7-8,11H,3-6,9H2,1-2H3. The molecule has 0 spiro atoms. The highest BCUT2D eigenvalue weighted by Gasteiger charge is 2.27. The molecule has 1 aliphatic rings. The molecule has 0 heterocycles. The van der Waals surface area contributed by atoms with Gasteiger partial charge in [0.05, 0.1) is 10.5 Å². The molecule has 0 radical (unpaired) electrons. The van der Waals surface area contributed by atoms with Gasteiger partial charge in [-0.3, -0.25) is 14.9 Å². The van der Waals surface area contributed by atoms with Crippen molar-refractivity contribution in [2.24, 2.45) is 5.92 Å². The van der Waals surface area contributed by atoms with Gasteiger partial charge < -0.3 is 4.90 Å². The maximum absolute atomic E-state index is 14.2. The van der Waals surface area contributed by atoms with E-state index in [4.69, 9.17) is 0 Å². The molecule has 6 heteroatoms. The van der Waals surface area contributed by atoms with Crippen molar-refractivity contribution in [1.29, 1.82) is 0 Å². The van der Waals surface area contributed by atoms with Crippen molar-refractivity contribution in [1.82, 2.24) is 4.90 Å². The second kappa shape index (κ2) is 6.20. The van der Waals surface area contributed by atoms with E-state index in [9.17, 15) is 19.3 Å². The fourth-order valence-corrected chi connectivity index (χ4v) is 2.52. The summed E-state index contributed by atoms with van der Waals surface area (Å²) in [4.78, 5) is 24.3. The third kappa shape index (κ3) is 3.20. The predicted octanol–water partition coefficient (Wildman–Crippen LogP) is 3.30. The molecule has 1 saturated carbocycles. The topological polar surface area (TPSA) is 63.5 Å². The van der Waals surface area contributed by atoms with Gasteiger partial charge in [0.1, 0.15) is 5.82 Å². The van der Waals surface area contributed by atoms with Crippen molar-refractivity contribution in [2.45, 2.75) is 33.1 Å². The van der Waals surface area contributed by atoms with E-state index in [-0.39, 0.29) is 16.8 Å². The summed E-state index contributed by atoms with van der Waals surface area (Å²) < 4.78 is 14.2. The van der Waals surface area contributed by atoms with E-state index in [0.29, 0.717) is 19.0 Å². The van der Waals surface area contributed by atoms with Crippen LogP contribution in [0.1, 0.15) is 42.1 Å². The number of hydrogen-bond donors (Lipinski definition) is 0. The Kier molecular flexibility index (Phi) is 4.55. The summed E-state index contributed by atoms with van der Waals surface area (Å²) in [7, 11) is 0. The maximum Gasteiger partial charge on any atom is 0.270 e. The minimum Gasteiger partial charge on any atom is -0.339 e. The number of carbonyl (C=O) groups excluding carboxylic acids is 1. The highest BCUT2D eigenvalue weighted by Crippen LogP contribution is 2.28. The molecule has 1 aromatic rings. The molecule has 5 nitrogen and oxygen atoms in total. The Bertz CT molecular complexity index is 570. The molecular weight excluding hydrogens is 275 g/mol. The second-order valence-corrected chi connectivity index (χ2v) is 5.52. The Morgan fingerprint density at radius 3 is 2.62 bits per heavy atom. The quantitative estimate of drug-likeness (QED) is 0.618. The molecule has 21 heavy (non-hydrogen) atoms. The number of nitrogens with zero attached hydrogens (tertiary/aromatic N) is 2. The van der Waals surface area contributed by atoms with Crippen LogP contribution < -0.4 is 0 Å². The lowest BCUT2D eigenvalue weighted by Crippen LogP contribution is -2.37. The van der Waals surface area contributed by atoms with Crippen LogP contribution in [0.5, 0.6) is 0 Å². The Balaban J connectivity index is 2.29. The van der Waals surface area contributed by atoms with Crippen LogP contribution in [0.25, 0.3) is 0 Å². The molecule has 0 atom stereocenters. The molecule has 0 N–H and O–H groups in total. The fraction of sp³-hybridized carbons (Fsp3) is 0.533. The summed E-state index contributed by atoms with van der Waals surface area (Å²) in [5.74, 6) is -0.664. The summed E-state index contributed by atoms with van der Waals surface area (Å²) in [6, 6.07) is 2.18. The first kappa shape index (κ1) is 15.4. The van der Waals surface area contributed by atoms with Gasteiger partial charge in [-0.1, -0.05) is 6.42 Å². The molecule has 1 amide bonds. The van der Waals surface area contributed by atoms with Crippen molar-refractivity contribution >= 4 is 11.6 Å². The minimum absolute atomic E-state index is 0.118. The summed E-state index contributed by atoms with van der Waals surface area (Å²) >= 11 is 0. The minimum atomic E-state index is -0.669. The second-order valence-electron chi connectivity index (χ2n) is 5.52. The van der Waals surface area contributed by atoms with Gasteiger partial charge in [0.25, 0.3) is 11.6 Å². The summed E-state index contributed by atoms with van der Waals surface area (Å²) in [6.07, 6.45) is 3.33. The third-order valence-electron chi connectivity index (χ3n) is 4.05. The first-order chi connectivity index (χ1) is 9.93. The van der Waals surface area contributed by atoms with Crippen molar-refractivity contribution in [2.75, 3.05) is 13.1 Å². The molecular formula is C15H19FN2O3. The van der Waals surface area contributed by atoms with Crippen LogP contribution in [0.4, 0.5) is 10.1 Å². The molecule has 0 unspecified atom stereocenters. The number of nitro groups is 1. The van der Waals surface area contributed by atoms with Gasteiger partial charge in [0, 0.05) is 25.2 Å². The molecule has 0 bridgehead atoms. The van der Waals surface area contributed by atoms with E-state index in [0.717, 1.165) is 25.0 Å². The van der Waals surface area contributed by atoms with Crippen molar-refractivity contribution < 1.29 is 14.1 Å². The van der Waals surface area contributed by atoms with Crippen molar-refractivity contribution in [3.8, 4) is 0 Å². The number of benzene rings is 1. The number of nitro benzene ring substituents is 1. The van der Waals surface area contributed by atoms with E-state index in [1.54, 1.807) is 4.90 Å². The Morgan fingerprint density at radius 1 is 1.48 bits per heavy atom. The average Bonchev–Trinajstić information content (AvgIpc) is 2.39. The molecule has 1 aromatic carbocycles. The van der Waals surface area contributed by atoms with Crippen LogP contribution in [0.3, 0.4) is 0 Å². The number of amides is 1. The van der Waals surface area contributed by atoms with Crippen LogP contribution in [0, 0.1) is 28.8 Å². The average molecular weight is 294 g/mol. The van der Waals surface area contributed by atoms with Crippen LogP contribution in [0.2, 0.25) is 0 Å². The fourth-order valence-electron chi connectivity index (χ4n) is 2.52. The smallest absolute Gasteiger partial charge is 0.270 e. The summed E-state index contributed by atoms with van der Waals surface area (Å²) in [5.41, 5.74) is -0.341. The van der Waals surface area contributed by atoms with Crippen LogP contribution in [-0.2, 0) is 0 Å².